The van der Waals surface area contributed by atoms with Gasteiger partial charge in [0.05, 0.1) is 11.0 Å². The monoisotopic (exact) mass is 848 g/mol. The maximum atomic E-state index is 5.32. The van der Waals surface area contributed by atoms with Crippen molar-refractivity contribution in [2.45, 2.75) is 19.3 Å². The molecule has 0 saturated heterocycles. The van der Waals surface area contributed by atoms with E-state index in [1.54, 1.807) is 0 Å². The van der Waals surface area contributed by atoms with Gasteiger partial charge < -0.3 is 4.57 Å². The van der Waals surface area contributed by atoms with Crippen LogP contribution in [0.4, 0.5) is 0 Å². The molecule has 1 aliphatic carbocycles. The number of para-hydroxylation sites is 2. The summed E-state index contributed by atoms with van der Waals surface area (Å²) in [6.07, 6.45) is 0. The van der Waals surface area contributed by atoms with E-state index in [1.165, 1.54) is 81.1 Å². The van der Waals surface area contributed by atoms with Crippen molar-refractivity contribution in [2.24, 2.45) is 0 Å². The highest BCUT2D eigenvalue weighted by Crippen LogP contribution is 2.50. The highest BCUT2D eigenvalue weighted by molar-refractivity contribution is 7.26. The molecule has 0 atom stereocenters. The first-order valence-corrected chi connectivity index (χ1v) is 23.0. The Labute approximate surface area is 380 Å². The van der Waals surface area contributed by atoms with Gasteiger partial charge in [-0.2, -0.15) is 0 Å². The third kappa shape index (κ3) is 6.00. The summed E-state index contributed by atoms with van der Waals surface area (Å²) in [7, 11) is 0. The van der Waals surface area contributed by atoms with E-state index >= 15 is 0 Å². The Kier molecular flexibility index (Phi) is 8.39. The van der Waals surface area contributed by atoms with Crippen molar-refractivity contribution in [3.63, 3.8) is 0 Å². The predicted octanol–water partition coefficient (Wildman–Crippen LogP) is 16.0. The summed E-state index contributed by atoms with van der Waals surface area (Å²) in [6, 6.07) is 74.3. The van der Waals surface area contributed by atoms with Gasteiger partial charge in [0.15, 0.2) is 17.5 Å². The Balaban J connectivity index is 0.928. The fourth-order valence-corrected chi connectivity index (χ4v) is 11.4. The molecule has 12 aromatic rings. The number of rotatable bonds is 6. The fraction of sp³-hybridized carbons (Fsp3) is 0.0500. The zero-order valence-corrected chi connectivity index (χ0v) is 36.6. The molecule has 0 radical (unpaired) electrons. The van der Waals surface area contributed by atoms with Crippen molar-refractivity contribution in [3.05, 3.63) is 217 Å². The number of hydrogen-bond donors (Lipinski definition) is 0. The summed E-state index contributed by atoms with van der Waals surface area (Å²) >= 11 is 1.81. The molecule has 0 fully saturated rings. The van der Waals surface area contributed by atoms with Gasteiger partial charge >= 0.3 is 0 Å². The van der Waals surface area contributed by atoms with Crippen molar-refractivity contribution in [1.29, 1.82) is 0 Å². The Bertz CT molecular complexity index is 3860. The van der Waals surface area contributed by atoms with Gasteiger partial charge in [-0.3, -0.25) is 0 Å². The van der Waals surface area contributed by atoms with Crippen LogP contribution in [0.3, 0.4) is 0 Å². The molecule has 0 unspecified atom stereocenters. The minimum absolute atomic E-state index is 0.143. The van der Waals surface area contributed by atoms with Crippen LogP contribution in [0.25, 0.3) is 115 Å². The van der Waals surface area contributed by atoms with Gasteiger partial charge in [-0.1, -0.05) is 159 Å². The first-order chi connectivity index (χ1) is 32.0. The van der Waals surface area contributed by atoms with E-state index < -0.39 is 0 Å². The van der Waals surface area contributed by atoms with Crippen LogP contribution in [-0.4, -0.2) is 19.5 Å². The number of hydrogen-bond acceptors (Lipinski definition) is 4. The van der Waals surface area contributed by atoms with Gasteiger partial charge in [0.25, 0.3) is 0 Å². The second-order valence-corrected chi connectivity index (χ2v) is 18.7. The van der Waals surface area contributed by atoms with Crippen LogP contribution in [0.2, 0.25) is 0 Å². The van der Waals surface area contributed by atoms with Gasteiger partial charge in [-0.05, 0) is 105 Å². The van der Waals surface area contributed by atoms with E-state index in [0.717, 1.165) is 27.8 Å². The summed E-state index contributed by atoms with van der Waals surface area (Å²) in [6.45, 7) is 4.63. The van der Waals surface area contributed by atoms with E-state index in [2.05, 4.69) is 206 Å². The highest BCUT2D eigenvalue weighted by Gasteiger charge is 2.35. The SMILES string of the molecule is CC1(C)c2ccccc2-c2ccc(-c3nc(-c4ccccc4)nc(-c4cccc5sc6ccc(-c7cccc(-c8ccc9c(c8)c8ccccc8n9-c8ccccc8)c7)cc6c45)n3)cc21. The van der Waals surface area contributed by atoms with Gasteiger partial charge in [0.1, 0.15) is 0 Å². The van der Waals surface area contributed by atoms with Crippen molar-refractivity contribution in [2.75, 3.05) is 0 Å². The zero-order chi connectivity index (χ0) is 43.2. The Morgan fingerprint density at radius 2 is 0.954 bits per heavy atom. The molecule has 65 heavy (non-hydrogen) atoms. The van der Waals surface area contributed by atoms with E-state index in [4.69, 9.17) is 15.0 Å². The molecule has 1 aliphatic rings. The smallest absolute Gasteiger partial charge is 0.164 e. The molecule has 5 heteroatoms. The minimum atomic E-state index is -0.143. The van der Waals surface area contributed by atoms with E-state index in [9.17, 15) is 0 Å². The number of benzene rings is 9. The second kappa shape index (κ2) is 14.5. The van der Waals surface area contributed by atoms with Crippen LogP contribution >= 0.6 is 11.3 Å². The summed E-state index contributed by atoms with van der Waals surface area (Å²) in [5, 5.41) is 4.85. The quantitative estimate of drug-likeness (QED) is 0.167. The maximum absolute atomic E-state index is 5.32. The lowest BCUT2D eigenvalue weighted by atomic mass is 9.82. The third-order valence-corrected chi connectivity index (χ3v) is 14.6. The van der Waals surface area contributed by atoms with Crippen molar-refractivity contribution >= 4 is 53.3 Å². The third-order valence-electron chi connectivity index (χ3n) is 13.5. The first kappa shape index (κ1) is 37.6. The van der Waals surface area contributed by atoms with E-state index in [-0.39, 0.29) is 5.41 Å². The lowest BCUT2D eigenvalue weighted by Crippen LogP contribution is -2.15. The van der Waals surface area contributed by atoms with Gasteiger partial charge in [0.2, 0.25) is 0 Å². The fourth-order valence-electron chi connectivity index (χ4n) is 10.3. The Morgan fingerprint density at radius 3 is 1.78 bits per heavy atom. The van der Waals surface area contributed by atoms with Crippen molar-refractivity contribution in [1.82, 2.24) is 19.5 Å². The zero-order valence-electron chi connectivity index (χ0n) is 35.8. The van der Waals surface area contributed by atoms with Crippen molar-refractivity contribution < 1.29 is 0 Å². The molecule has 13 rings (SSSR count). The molecule has 306 valence electrons. The van der Waals surface area contributed by atoms with Crippen LogP contribution in [0.15, 0.2) is 206 Å². The topological polar surface area (TPSA) is 43.6 Å². The average molecular weight is 849 g/mol. The van der Waals surface area contributed by atoms with Gasteiger partial charge in [-0.15, -0.1) is 11.3 Å². The summed E-state index contributed by atoms with van der Waals surface area (Å²) in [4.78, 5) is 15.7. The molecule has 0 spiro atoms. The van der Waals surface area contributed by atoms with Crippen LogP contribution in [0.5, 0.6) is 0 Å². The predicted molar refractivity (Wildman–Crippen MR) is 272 cm³/mol. The standard InChI is InChI=1S/C60H40N4S/c1-60(2)50-24-11-9-21-44(50)45-30-27-42(36-51(45)60)58-61-57(37-15-5-3-6-16-37)62-59(63-58)47-23-14-26-55-56(47)49-35-41(29-32-54(49)65-55)39-18-13-17-38(33-39)40-28-31-53-48(34-40)46-22-10-12-25-52(46)64(53)43-19-7-4-8-20-43/h3-36H,1-2H3. The second-order valence-electron chi connectivity index (χ2n) is 17.6. The molecule has 0 amide bonds. The Hall–Kier alpha value is -7.99. The summed E-state index contributed by atoms with van der Waals surface area (Å²) < 4.78 is 4.80. The minimum Gasteiger partial charge on any atom is -0.309 e. The van der Waals surface area contributed by atoms with Crippen LogP contribution in [-0.2, 0) is 5.41 Å². The molecular formula is C60H40N4S. The highest BCUT2D eigenvalue weighted by atomic mass is 32.1. The van der Waals surface area contributed by atoms with Gasteiger partial charge in [0, 0.05) is 58.7 Å². The van der Waals surface area contributed by atoms with Crippen LogP contribution in [0.1, 0.15) is 25.0 Å². The van der Waals surface area contributed by atoms with E-state index in [1.807, 2.05) is 29.5 Å². The Morgan fingerprint density at radius 1 is 0.369 bits per heavy atom. The van der Waals surface area contributed by atoms with Gasteiger partial charge in [-0.25, -0.2) is 15.0 Å². The van der Waals surface area contributed by atoms with E-state index in [0.29, 0.717) is 17.5 Å². The van der Waals surface area contributed by atoms with Crippen molar-refractivity contribution in [3.8, 4) is 73.2 Å². The normalized spacial score (nSPS) is 12.9. The molecule has 0 saturated carbocycles. The molecule has 0 aliphatic heterocycles. The number of fused-ring (bicyclic) bond motifs is 9. The molecular weight excluding hydrogens is 809 g/mol. The lowest BCUT2D eigenvalue weighted by Gasteiger charge is -2.21. The number of aromatic nitrogens is 4. The summed E-state index contributed by atoms with van der Waals surface area (Å²) in [5.74, 6) is 1.99. The largest absolute Gasteiger partial charge is 0.309 e. The molecule has 0 N–H and O–H groups in total. The molecule has 0 bridgehead atoms. The van der Waals surface area contributed by atoms with Crippen LogP contribution < -0.4 is 0 Å². The molecule has 4 nitrogen and oxygen atoms in total. The lowest BCUT2D eigenvalue weighted by molar-refractivity contribution is 0.660. The maximum Gasteiger partial charge on any atom is 0.164 e. The summed E-state index contributed by atoms with van der Waals surface area (Å²) in [5.41, 5.74) is 16.3. The molecule has 3 aromatic heterocycles. The number of nitrogens with zero attached hydrogens (tertiary/aromatic N) is 4. The molecule has 9 aromatic carbocycles. The average Bonchev–Trinajstić information content (AvgIpc) is 3.99. The number of thiophene rings is 1. The van der Waals surface area contributed by atoms with Crippen LogP contribution in [0, 0.1) is 0 Å². The first-order valence-electron chi connectivity index (χ1n) is 22.2. The molecule has 3 heterocycles.